The van der Waals surface area contributed by atoms with Gasteiger partial charge in [-0.05, 0) is 25.1 Å². The SMILES string of the molecule is CCCNCC(C)(C)COc1c(OC)cccc1OC. The van der Waals surface area contributed by atoms with Gasteiger partial charge in [0.05, 0.1) is 20.8 Å². The van der Waals surface area contributed by atoms with Crippen LogP contribution in [0.15, 0.2) is 18.2 Å². The molecule has 0 atom stereocenters. The van der Waals surface area contributed by atoms with Crippen molar-refractivity contribution in [1.82, 2.24) is 5.32 Å². The highest BCUT2D eigenvalue weighted by atomic mass is 16.5. The molecule has 0 heterocycles. The van der Waals surface area contributed by atoms with Crippen LogP contribution in [0.1, 0.15) is 27.2 Å². The minimum Gasteiger partial charge on any atom is -0.493 e. The molecule has 0 aliphatic rings. The molecule has 0 fully saturated rings. The van der Waals surface area contributed by atoms with Gasteiger partial charge in [0.15, 0.2) is 11.5 Å². The number of methoxy groups -OCH3 is 2. The van der Waals surface area contributed by atoms with E-state index in [2.05, 4.69) is 26.1 Å². The first-order chi connectivity index (χ1) is 9.54. The Kier molecular flexibility index (Phi) is 6.65. The molecule has 4 heteroatoms. The van der Waals surface area contributed by atoms with Crippen LogP contribution in [0.3, 0.4) is 0 Å². The Morgan fingerprint density at radius 1 is 1.10 bits per heavy atom. The van der Waals surface area contributed by atoms with Gasteiger partial charge in [0.25, 0.3) is 0 Å². The minimum absolute atomic E-state index is 0.0427. The Labute approximate surface area is 122 Å². The van der Waals surface area contributed by atoms with Gasteiger partial charge in [0, 0.05) is 12.0 Å². The van der Waals surface area contributed by atoms with E-state index in [0.717, 1.165) is 19.5 Å². The van der Waals surface area contributed by atoms with Crippen LogP contribution in [-0.2, 0) is 0 Å². The van der Waals surface area contributed by atoms with Gasteiger partial charge < -0.3 is 19.5 Å². The molecule has 1 N–H and O–H groups in total. The molecule has 0 spiro atoms. The highest BCUT2D eigenvalue weighted by molar-refractivity contribution is 5.51. The fourth-order valence-electron chi connectivity index (χ4n) is 1.88. The van der Waals surface area contributed by atoms with Crippen molar-refractivity contribution < 1.29 is 14.2 Å². The lowest BCUT2D eigenvalue weighted by atomic mass is 9.95. The van der Waals surface area contributed by atoms with Gasteiger partial charge in [-0.3, -0.25) is 0 Å². The molecule has 1 aromatic rings. The Morgan fingerprint density at radius 2 is 1.70 bits per heavy atom. The van der Waals surface area contributed by atoms with Crippen LogP contribution >= 0.6 is 0 Å². The minimum atomic E-state index is 0.0427. The normalized spacial score (nSPS) is 11.2. The largest absolute Gasteiger partial charge is 0.493 e. The van der Waals surface area contributed by atoms with Gasteiger partial charge in [-0.1, -0.05) is 26.8 Å². The summed E-state index contributed by atoms with van der Waals surface area (Å²) in [5.41, 5.74) is 0.0427. The molecule has 1 rings (SSSR count). The van der Waals surface area contributed by atoms with E-state index < -0.39 is 0 Å². The number of benzene rings is 1. The molecule has 0 aromatic heterocycles. The lowest BCUT2D eigenvalue weighted by Gasteiger charge is -2.26. The molecule has 114 valence electrons. The first-order valence-corrected chi connectivity index (χ1v) is 7.08. The number of hydrogen-bond donors (Lipinski definition) is 1. The van der Waals surface area contributed by atoms with Crippen molar-refractivity contribution >= 4 is 0 Å². The Hall–Kier alpha value is -1.42. The molecule has 0 radical (unpaired) electrons. The molecule has 0 unspecified atom stereocenters. The third-order valence-electron chi connectivity index (χ3n) is 3.02. The third-order valence-corrected chi connectivity index (χ3v) is 3.02. The second-order valence-corrected chi connectivity index (χ2v) is 5.62. The van der Waals surface area contributed by atoms with Crippen molar-refractivity contribution in [2.45, 2.75) is 27.2 Å². The van der Waals surface area contributed by atoms with Crippen LogP contribution in [0.5, 0.6) is 17.2 Å². The van der Waals surface area contributed by atoms with Crippen molar-refractivity contribution in [1.29, 1.82) is 0 Å². The highest BCUT2D eigenvalue weighted by Gasteiger charge is 2.21. The fraction of sp³-hybridized carbons (Fsp3) is 0.625. The van der Waals surface area contributed by atoms with Crippen molar-refractivity contribution in [3.63, 3.8) is 0 Å². The monoisotopic (exact) mass is 281 g/mol. The number of hydrogen-bond acceptors (Lipinski definition) is 4. The summed E-state index contributed by atoms with van der Waals surface area (Å²) < 4.78 is 16.6. The highest BCUT2D eigenvalue weighted by Crippen LogP contribution is 2.37. The van der Waals surface area contributed by atoms with E-state index in [-0.39, 0.29) is 5.41 Å². The van der Waals surface area contributed by atoms with Crippen molar-refractivity contribution in [3.05, 3.63) is 18.2 Å². The molecule has 0 aliphatic heterocycles. The predicted octanol–water partition coefficient (Wildman–Crippen LogP) is 3.11. The van der Waals surface area contributed by atoms with E-state index in [1.54, 1.807) is 14.2 Å². The summed E-state index contributed by atoms with van der Waals surface area (Å²) in [5.74, 6) is 2.06. The molecule has 0 amide bonds. The maximum absolute atomic E-state index is 5.96. The molecule has 0 bridgehead atoms. The average molecular weight is 281 g/mol. The zero-order chi connectivity index (χ0) is 15.0. The predicted molar refractivity (Wildman–Crippen MR) is 82.0 cm³/mol. The molecular formula is C16H27NO3. The van der Waals surface area contributed by atoms with Crippen LogP contribution in [0.25, 0.3) is 0 Å². The Morgan fingerprint density at radius 3 is 2.20 bits per heavy atom. The molecule has 1 aromatic carbocycles. The maximum atomic E-state index is 5.96. The van der Waals surface area contributed by atoms with Crippen molar-refractivity contribution in [3.8, 4) is 17.2 Å². The molecule has 0 aliphatic carbocycles. The lowest BCUT2D eigenvalue weighted by Crippen LogP contribution is -2.34. The standard InChI is InChI=1S/C16H27NO3/c1-6-10-17-11-16(2,3)12-20-15-13(18-4)8-7-9-14(15)19-5/h7-9,17H,6,10-12H2,1-5H3. The second kappa shape index (κ2) is 8.00. The maximum Gasteiger partial charge on any atom is 0.203 e. The molecular weight excluding hydrogens is 254 g/mol. The van der Waals surface area contributed by atoms with E-state index in [4.69, 9.17) is 14.2 Å². The summed E-state index contributed by atoms with van der Waals surface area (Å²) in [6.07, 6.45) is 1.14. The number of nitrogens with one attached hydrogen (secondary N) is 1. The van der Waals surface area contributed by atoms with Gasteiger partial charge in [0.2, 0.25) is 5.75 Å². The Bertz CT molecular complexity index is 382. The quantitative estimate of drug-likeness (QED) is 0.706. The van der Waals surface area contributed by atoms with E-state index >= 15 is 0 Å². The third kappa shape index (κ3) is 4.93. The number of para-hydroxylation sites is 1. The van der Waals surface area contributed by atoms with Gasteiger partial charge in [-0.2, -0.15) is 0 Å². The summed E-state index contributed by atoms with van der Waals surface area (Å²) in [5, 5.41) is 3.43. The molecule has 0 saturated carbocycles. The molecule has 4 nitrogen and oxygen atoms in total. The topological polar surface area (TPSA) is 39.7 Å². The van der Waals surface area contributed by atoms with Crippen LogP contribution in [0.2, 0.25) is 0 Å². The van der Waals surface area contributed by atoms with Gasteiger partial charge in [-0.15, -0.1) is 0 Å². The summed E-state index contributed by atoms with van der Waals surface area (Å²) in [6.45, 7) is 9.06. The van der Waals surface area contributed by atoms with Crippen LogP contribution in [0.4, 0.5) is 0 Å². The molecule has 20 heavy (non-hydrogen) atoms. The van der Waals surface area contributed by atoms with E-state index in [1.807, 2.05) is 18.2 Å². The zero-order valence-corrected chi connectivity index (χ0v) is 13.3. The van der Waals surface area contributed by atoms with E-state index in [0.29, 0.717) is 23.9 Å². The van der Waals surface area contributed by atoms with Crippen LogP contribution in [0, 0.1) is 5.41 Å². The summed E-state index contributed by atoms with van der Waals surface area (Å²) in [7, 11) is 3.27. The van der Waals surface area contributed by atoms with Crippen LogP contribution in [-0.4, -0.2) is 33.9 Å². The zero-order valence-electron chi connectivity index (χ0n) is 13.3. The van der Waals surface area contributed by atoms with Gasteiger partial charge in [0.1, 0.15) is 0 Å². The summed E-state index contributed by atoms with van der Waals surface area (Å²) >= 11 is 0. The summed E-state index contributed by atoms with van der Waals surface area (Å²) in [6, 6.07) is 5.64. The average Bonchev–Trinajstić information content (AvgIpc) is 2.44. The number of rotatable bonds is 9. The first kappa shape index (κ1) is 16.6. The van der Waals surface area contributed by atoms with Gasteiger partial charge in [-0.25, -0.2) is 0 Å². The number of ether oxygens (including phenoxy) is 3. The van der Waals surface area contributed by atoms with Gasteiger partial charge >= 0.3 is 0 Å². The first-order valence-electron chi connectivity index (χ1n) is 7.08. The lowest BCUT2D eigenvalue weighted by molar-refractivity contribution is 0.166. The summed E-state index contributed by atoms with van der Waals surface area (Å²) in [4.78, 5) is 0. The van der Waals surface area contributed by atoms with Crippen molar-refractivity contribution in [2.24, 2.45) is 5.41 Å². The Balaban J connectivity index is 2.68. The smallest absolute Gasteiger partial charge is 0.203 e. The van der Waals surface area contributed by atoms with Crippen molar-refractivity contribution in [2.75, 3.05) is 33.9 Å². The molecule has 0 saturated heterocycles. The van der Waals surface area contributed by atoms with Crippen LogP contribution < -0.4 is 19.5 Å². The second-order valence-electron chi connectivity index (χ2n) is 5.62. The van der Waals surface area contributed by atoms with E-state index in [9.17, 15) is 0 Å². The fourth-order valence-corrected chi connectivity index (χ4v) is 1.88. The van der Waals surface area contributed by atoms with E-state index in [1.165, 1.54) is 0 Å².